The van der Waals surface area contributed by atoms with Gasteiger partial charge < -0.3 is 10.2 Å². The molecule has 0 spiro atoms. The van der Waals surface area contributed by atoms with Crippen LogP contribution in [0.15, 0.2) is 0 Å². The molecular weight excluding hydrogens is 288 g/mol. The third-order valence-corrected chi connectivity index (χ3v) is 4.79. The maximum Gasteiger partial charge on any atom is 0.246 e. The highest BCUT2D eigenvalue weighted by molar-refractivity contribution is 7.84. The minimum Gasteiger partial charge on any atom is -0.342 e. The van der Waals surface area contributed by atoms with Crippen molar-refractivity contribution in [2.24, 2.45) is 5.41 Å². The number of hydrogen-bond acceptors (Lipinski definition) is 3. The molecule has 21 heavy (non-hydrogen) atoms. The average Bonchev–Trinajstić information content (AvgIpc) is 2.36. The van der Waals surface area contributed by atoms with Crippen LogP contribution in [0.4, 0.5) is 0 Å². The first-order chi connectivity index (χ1) is 9.59. The van der Waals surface area contributed by atoms with E-state index in [1.54, 1.807) is 11.2 Å². The molecule has 1 rings (SSSR count). The summed E-state index contributed by atoms with van der Waals surface area (Å²) in [7, 11) is -0.888. The van der Waals surface area contributed by atoms with Gasteiger partial charge in [-0.1, -0.05) is 27.7 Å². The van der Waals surface area contributed by atoms with Crippen LogP contribution in [0.2, 0.25) is 0 Å². The number of carbonyl (C=O) groups excluding carboxylic acids is 2. The van der Waals surface area contributed by atoms with Crippen LogP contribution in [0.25, 0.3) is 0 Å². The highest BCUT2D eigenvalue weighted by Gasteiger charge is 2.45. The Morgan fingerprint density at radius 1 is 1.33 bits per heavy atom. The van der Waals surface area contributed by atoms with Crippen LogP contribution in [-0.4, -0.2) is 51.1 Å². The van der Waals surface area contributed by atoms with E-state index in [1.165, 1.54) is 0 Å². The van der Waals surface area contributed by atoms with Gasteiger partial charge in [-0.25, -0.2) is 0 Å². The number of nitrogens with zero attached hydrogens (tertiary/aromatic N) is 1. The van der Waals surface area contributed by atoms with Crippen LogP contribution in [-0.2, 0) is 20.4 Å². The van der Waals surface area contributed by atoms with Crippen LogP contribution >= 0.6 is 0 Å². The zero-order chi connectivity index (χ0) is 16.4. The smallest absolute Gasteiger partial charge is 0.246 e. The van der Waals surface area contributed by atoms with Gasteiger partial charge in [-0.15, -0.1) is 0 Å². The second kappa shape index (κ2) is 6.90. The molecule has 1 aliphatic heterocycles. The Hall–Kier alpha value is -0.910. The molecule has 1 heterocycles. The van der Waals surface area contributed by atoms with Crippen molar-refractivity contribution in [1.29, 1.82) is 0 Å². The van der Waals surface area contributed by atoms with Crippen molar-refractivity contribution in [2.45, 2.75) is 65.6 Å². The lowest BCUT2D eigenvalue weighted by Gasteiger charge is -2.45. The van der Waals surface area contributed by atoms with Gasteiger partial charge in [0.15, 0.2) is 0 Å². The van der Waals surface area contributed by atoms with E-state index in [0.717, 1.165) is 0 Å². The Morgan fingerprint density at radius 2 is 1.90 bits per heavy atom. The highest BCUT2D eigenvalue weighted by atomic mass is 32.2. The van der Waals surface area contributed by atoms with E-state index in [-0.39, 0.29) is 23.3 Å². The largest absolute Gasteiger partial charge is 0.342 e. The molecule has 2 amide bonds. The van der Waals surface area contributed by atoms with E-state index in [9.17, 15) is 13.8 Å². The Bertz CT molecular complexity index is 431. The van der Waals surface area contributed by atoms with Gasteiger partial charge in [0.25, 0.3) is 0 Å². The lowest BCUT2D eigenvalue weighted by molar-refractivity contribution is -0.155. The number of carbonyl (C=O) groups is 2. The maximum absolute atomic E-state index is 12.8. The van der Waals surface area contributed by atoms with E-state index in [1.807, 2.05) is 34.6 Å². The standard InChI is InChI=1S/C15H28N2O3S/c1-7-11-13(18)16-12(15(3,4)5)14(19)17(11)10(2)8-9-21(6)20/h10-12H,7-9H2,1-6H3,(H,16,18). The molecule has 0 saturated carbocycles. The van der Waals surface area contributed by atoms with E-state index in [2.05, 4.69) is 5.32 Å². The highest BCUT2D eigenvalue weighted by Crippen LogP contribution is 2.27. The van der Waals surface area contributed by atoms with Crippen molar-refractivity contribution in [1.82, 2.24) is 10.2 Å². The second-order valence-corrected chi connectivity index (χ2v) is 8.45. The lowest BCUT2D eigenvalue weighted by Crippen LogP contribution is -2.68. The van der Waals surface area contributed by atoms with Crippen molar-refractivity contribution in [3.63, 3.8) is 0 Å². The molecular formula is C15H28N2O3S. The average molecular weight is 316 g/mol. The van der Waals surface area contributed by atoms with Gasteiger partial charge in [0, 0.05) is 28.9 Å². The molecule has 0 aromatic heterocycles. The molecule has 4 unspecified atom stereocenters. The SMILES string of the molecule is CCC1C(=O)NC(C(C)(C)C)C(=O)N1C(C)CCS(C)=O. The Kier molecular flexibility index (Phi) is 5.96. The zero-order valence-corrected chi connectivity index (χ0v) is 14.8. The fraction of sp³-hybridized carbons (Fsp3) is 0.867. The quantitative estimate of drug-likeness (QED) is 0.831. The molecule has 0 aromatic carbocycles. The van der Waals surface area contributed by atoms with Crippen molar-refractivity contribution in [3.05, 3.63) is 0 Å². The molecule has 6 heteroatoms. The van der Waals surface area contributed by atoms with Crippen molar-refractivity contribution >= 4 is 22.6 Å². The Balaban J connectivity index is 3.01. The van der Waals surface area contributed by atoms with Gasteiger partial charge in [0.2, 0.25) is 11.8 Å². The Morgan fingerprint density at radius 3 is 2.33 bits per heavy atom. The fourth-order valence-electron chi connectivity index (χ4n) is 2.70. The number of nitrogens with one attached hydrogen (secondary N) is 1. The van der Waals surface area contributed by atoms with E-state index < -0.39 is 22.9 Å². The fourth-order valence-corrected chi connectivity index (χ4v) is 3.37. The predicted molar refractivity (Wildman–Crippen MR) is 85.3 cm³/mol. The Labute approximate surface area is 130 Å². The molecule has 1 aliphatic rings. The number of piperazine rings is 1. The van der Waals surface area contributed by atoms with Gasteiger partial charge in [-0.3, -0.25) is 13.8 Å². The zero-order valence-electron chi connectivity index (χ0n) is 13.9. The second-order valence-electron chi connectivity index (χ2n) is 6.89. The first-order valence-corrected chi connectivity index (χ1v) is 9.24. The summed E-state index contributed by atoms with van der Waals surface area (Å²) < 4.78 is 11.3. The van der Waals surface area contributed by atoms with Gasteiger partial charge in [0.05, 0.1) is 0 Å². The van der Waals surface area contributed by atoms with E-state index in [0.29, 0.717) is 18.6 Å². The van der Waals surface area contributed by atoms with Crippen LogP contribution in [0.5, 0.6) is 0 Å². The topological polar surface area (TPSA) is 66.5 Å². The maximum atomic E-state index is 12.8. The molecule has 0 bridgehead atoms. The van der Waals surface area contributed by atoms with Crippen LogP contribution in [0.1, 0.15) is 47.5 Å². The first-order valence-electron chi connectivity index (χ1n) is 7.52. The van der Waals surface area contributed by atoms with Crippen LogP contribution < -0.4 is 5.32 Å². The summed E-state index contributed by atoms with van der Waals surface area (Å²) in [5.41, 5.74) is -0.322. The number of hydrogen-bond donors (Lipinski definition) is 1. The molecule has 0 aliphatic carbocycles. The summed E-state index contributed by atoms with van der Waals surface area (Å²) in [6, 6.07) is -0.999. The van der Waals surface area contributed by atoms with Gasteiger partial charge in [-0.05, 0) is 25.2 Å². The van der Waals surface area contributed by atoms with Gasteiger partial charge in [0.1, 0.15) is 12.1 Å². The molecule has 1 saturated heterocycles. The van der Waals surface area contributed by atoms with Crippen molar-refractivity contribution < 1.29 is 13.8 Å². The van der Waals surface area contributed by atoms with E-state index >= 15 is 0 Å². The lowest BCUT2D eigenvalue weighted by atomic mass is 9.83. The normalized spacial score (nSPS) is 26.5. The molecule has 1 N–H and O–H groups in total. The van der Waals surface area contributed by atoms with Gasteiger partial charge >= 0.3 is 0 Å². The minimum absolute atomic E-state index is 0.0247. The summed E-state index contributed by atoms with van der Waals surface area (Å²) in [5.74, 6) is 0.438. The van der Waals surface area contributed by atoms with Crippen LogP contribution in [0.3, 0.4) is 0 Å². The number of rotatable bonds is 5. The molecule has 0 radical (unpaired) electrons. The first kappa shape index (κ1) is 18.1. The summed E-state index contributed by atoms with van der Waals surface area (Å²) in [6.07, 6.45) is 2.90. The van der Waals surface area contributed by atoms with Crippen LogP contribution in [0, 0.1) is 5.41 Å². The third kappa shape index (κ3) is 4.28. The summed E-state index contributed by atoms with van der Waals surface area (Å²) in [6.45, 7) is 9.70. The summed E-state index contributed by atoms with van der Waals surface area (Å²) in [4.78, 5) is 26.8. The third-order valence-electron chi connectivity index (χ3n) is 3.98. The summed E-state index contributed by atoms with van der Waals surface area (Å²) >= 11 is 0. The number of amides is 2. The van der Waals surface area contributed by atoms with E-state index in [4.69, 9.17) is 0 Å². The van der Waals surface area contributed by atoms with Crippen molar-refractivity contribution in [2.75, 3.05) is 12.0 Å². The van der Waals surface area contributed by atoms with Crippen molar-refractivity contribution in [3.8, 4) is 0 Å². The molecule has 0 aromatic rings. The monoisotopic (exact) mass is 316 g/mol. The van der Waals surface area contributed by atoms with Gasteiger partial charge in [-0.2, -0.15) is 0 Å². The minimum atomic E-state index is -0.888. The molecule has 4 atom stereocenters. The molecule has 5 nitrogen and oxygen atoms in total. The molecule has 1 fully saturated rings. The predicted octanol–water partition coefficient (Wildman–Crippen LogP) is 1.30. The molecule has 122 valence electrons. The summed E-state index contributed by atoms with van der Waals surface area (Å²) in [5, 5.41) is 2.87.